The maximum atomic E-state index is 11.8. The van der Waals surface area contributed by atoms with Crippen molar-refractivity contribution in [1.29, 1.82) is 5.26 Å². The van der Waals surface area contributed by atoms with Gasteiger partial charge in [0, 0.05) is 19.2 Å². The van der Waals surface area contributed by atoms with Crippen LogP contribution in [0.3, 0.4) is 0 Å². The topological polar surface area (TPSA) is 120 Å². The van der Waals surface area contributed by atoms with Crippen molar-refractivity contribution in [2.45, 2.75) is 17.7 Å². The summed E-state index contributed by atoms with van der Waals surface area (Å²) in [5, 5.41) is 17.2. The minimum absolute atomic E-state index is 0.00556. The molecule has 0 aliphatic carbocycles. The smallest absolute Gasteiger partial charge is 0.303 e. The van der Waals surface area contributed by atoms with E-state index in [0.717, 1.165) is 0 Å². The molecule has 0 amide bonds. The van der Waals surface area contributed by atoms with Gasteiger partial charge in [-0.05, 0) is 18.6 Å². The summed E-state index contributed by atoms with van der Waals surface area (Å²) in [5.74, 6) is -0.992. The number of carboxylic acids is 1. The predicted molar refractivity (Wildman–Crippen MR) is 61.0 cm³/mol. The van der Waals surface area contributed by atoms with E-state index >= 15 is 0 Å². The third-order valence-electron chi connectivity index (χ3n) is 2.03. The van der Waals surface area contributed by atoms with Crippen LogP contribution in [0.5, 0.6) is 0 Å². The Morgan fingerprint density at radius 2 is 2.28 bits per heavy atom. The lowest BCUT2D eigenvalue weighted by Crippen LogP contribution is -2.26. The molecule has 0 bridgehead atoms. The van der Waals surface area contributed by atoms with Gasteiger partial charge in [-0.2, -0.15) is 5.26 Å². The Hall–Kier alpha value is -1.98. The maximum Gasteiger partial charge on any atom is 0.303 e. The number of hydrogen-bond acceptors (Lipinski definition) is 5. The SMILES string of the molecule is N#Cc1ncccc1S(=O)(=O)NCCCC(=O)O. The van der Waals surface area contributed by atoms with Crippen LogP contribution in [0.2, 0.25) is 0 Å². The fourth-order valence-electron chi connectivity index (χ4n) is 1.22. The molecule has 8 heteroatoms. The molecular formula is C10H11N3O4S. The van der Waals surface area contributed by atoms with Crippen molar-refractivity contribution in [2.24, 2.45) is 0 Å². The third-order valence-corrected chi connectivity index (χ3v) is 3.52. The van der Waals surface area contributed by atoms with Crippen molar-refractivity contribution >= 4 is 16.0 Å². The van der Waals surface area contributed by atoms with Gasteiger partial charge in [-0.1, -0.05) is 0 Å². The normalized spacial score (nSPS) is 10.8. The summed E-state index contributed by atoms with van der Waals surface area (Å²) < 4.78 is 25.8. The molecule has 0 aliphatic heterocycles. The molecule has 0 spiro atoms. The maximum absolute atomic E-state index is 11.8. The van der Waals surface area contributed by atoms with E-state index in [0.29, 0.717) is 0 Å². The summed E-state index contributed by atoms with van der Waals surface area (Å²) in [6, 6.07) is 4.36. The lowest BCUT2D eigenvalue weighted by molar-refractivity contribution is -0.137. The van der Waals surface area contributed by atoms with Crippen LogP contribution in [0, 0.1) is 11.3 Å². The minimum Gasteiger partial charge on any atom is -0.481 e. The molecule has 0 fully saturated rings. The number of rotatable bonds is 6. The molecule has 0 aliphatic rings. The Balaban J connectivity index is 2.75. The summed E-state index contributed by atoms with van der Waals surface area (Å²) >= 11 is 0. The van der Waals surface area contributed by atoms with Crippen molar-refractivity contribution < 1.29 is 18.3 Å². The van der Waals surface area contributed by atoms with Crippen LogP contribution in [0.25, 0.3) is 0 Å². The van der Waals surface area contributed by atoms with Crippen molar-refractivity contribution in [3.63, 3.8) is 0 Å². The Kier molecular flexibility index (Phi) is 4.76. The van der Waals surface area contributed by atoms with Gasteiger partial charge in [-0.25, -0.2) is 18.1 Å². The van der Waals surface area contributed by atoms with E-state index in [9.17, 15) is 13.2 Å². The van der Waals surface area contributed by atoms with E-state index < -0.39 is 16.0 Å². The average Bonchev–Trinajstić information content (AvgIpc) is 2.34. The highest BCUT2D eigenvalue weighted by Crippen LogP contribution is 2.11. The highest BCUT2D eigenvalue weighted by molar-refractivity contribution is 7.89. The summed E-state index contributed by atoms with van der Waals surface area (Å²) in [5.41, 5.74) is -0.191. The minimum atomic E-state index is -3.83. The van der Waals surface area contributed by atoms with Gasteiger partial charge >= 0.3 is 5.97 Å². The molecule has 18 heavy (non-hydrogen) atoms. The Labute approximate surface area is 104 Å². The fourth-order valence-corrected chi connectivity index (χ4v) is 2.39. The zero-order chi connectivity index (χ0) is 13.6. The molecule has 7 nitrogen and oxygen atoms in total. The molecule has 1 heterocycles. The molecular weight excluding hydrogens is 258 g/mol. The lowest BCUT2D eigenvalue weighted by atomic mass is 10.3. The lowest BCUT2D eigenvalue weighted by Gasteiger charge is -2.06. The van der Waals surface area contributed by atoms with Crippen LogP contribution >= 0.6 is 0 Å². The molecule has 0 radical (unpaired) electrons. The first-order valence-electron chi connectivity index (χ1n) is 5.04. The first-order valence-corrected chi connectivity index (χ1v) is 6.52. The van der Waals surface area contributed by atoms with Crippen LogP contribution in [-0.4, -0.2) is 31.0 Å². The average molecular weight is 269 g/mol. The van der Waals surface area contributed by atoms with Gasteiger partial charge < -0.3 is 5.11 Å². The molecule has 96 valence electrons. The molecule has 0 saturated heterocycles. The molecule has 0 aromatic carbocycles. The number of nitrogens with one attached hydrogen (secondary N) is 1. The Morgan fingerprint density at radius 3 is 2.89 bits per heavy atom. The summed E-state index contributed by atoms with van der Waals surface area (Å²) in [4.78, 5) is 13.7. The molecule has 2 N–H and O–H groups in total. The van der Waals surface area contributed by atoms with Crippen molar-refractivity contribution in [3.8, 4) is 6.07 Å². The van der Waals surface area contributed by atoms with Gasteiger partial charge in [0.1, 0.15) is 11.0 Å². The van der Waals surface area contributed by atoms with Crippen LogP contribution in [0.1, 0.15) is 18.5 Å². The van der Waals surface area contributed by atoms with Gasteiger partial charge in [-0.15, -0.1) is 0 Å². The Morgan fingerprint density at radius 1 is 1.56 bits per heavy atom. The second kappa shape index (κ2) is 6.09. The van der Waals surface area contributed by atoms with E-state index in [1.54, 1.807) is 6.07 Å². The van der Waals surface area contributed by atoms with E-state index in [-0.39, 0.29) is 30.0 Å². The van der Waals surface area contributed by atoms with Gasteiger partial charge in [0.15, 0.2) is 5.69 Å². The third kappa shape index (κ3) is 3.80. The van der Waals surface area contributed by atoms with Gasteiger partial charge in [0.25, 0.3) is 0 Å². The number of pyridine rings is 1. The zero-order valence-corrected chi connectivity index (χ0v) is 10.1. The number of aliphatic carboxylic acids is 1. The van der Waals surface area contributed by atoms with Gasteiger partial charge in [-0.3, -0.25) is 4.79 Å². The summed E-state index contributed by atoms with van der Waals surface area (Å²) in [6.07, 6.45) is 1.37. The van der Waals surface area contributed by atoms with E-state index in [1.165, 1.54) is 18.3 Å². The number of sulfonamides is 1. The Bertz CT molecular complexity index is 577. The highest BCUT2D eigenvalue weighted by Gasteiger charge is 2.18. The monoisotopic (exact) mass is 269 g/mol. The number of carbonyl (C=O) groups is 1. The number of hydrogen-bond donors (Lipinski definition) is 2. The standard InChI is InChI=1S/C10H11N3O4S/c11-7-8-9(3-1-5-12-8)18(16,17)13-6-2-4-10(14)15/h1,3,5,13H,2,4,6H2,(H,14,15). The molecule has 1 aromatic heterocycles. The summed E-state index contributed by atoms with van der Waals surface area (Å²) in [7, 11) is -3.83. The number of carboxylic acid groups (broad SMARTS) is 1. The van der Waals surface area contributed by atoms with Crippen molar-refractivity contribution in [1.82, 2.24) is 9.71 Å². The van der Waals surface area contributed by atoms with Crippen LogP contribution in [0.15, 0.2) is 23.2 Å². The number of nitriles is 1. The van der Waals surface area contributed by atoms with Crippen molar-refractivity contribution in [2.75, 3.05) is 6.54 Å². The fraction of sp³-hybridized carbons (Fsp3) is 0.300. The van der Waals surface area contributed by atoms with Crippen LogP contribution < -0.4 is 4.72 Å². The second-order valence-corrected chi connectivity index (χ2v) is 5.09. The van der Waals surface area contributed by atoms with Crippen LogP contribution in [0.4, 0.5) is 0 Å². The zero-order valence-electron chi connectivity index (χ0n) is 9.33. The summed E-state index contributed by atoms with van der Waals surface area (Å²) in [6.45, 7) is -0.00556. The number of aromatic nitrogens is 1. The largest absolute Gasteiger partial charge is 0.481 e. The molecule has 0 saturated carbocycles. The van der Waals surface area contributed by atoms with Crippen molar-refractivity contribution in [3.05, 3.63) is 24.0 Å². The highest BCUT2D eigenvalue weighted by atomic mass is 32.2. The molecule has 1 aromatic rings. The van der Waals surface area contributed by atoms with Crippen LogP contribution in [-0.2, 0) is 14.8 Å². The quantitative estimate of drug-likeness (QED) is 0.706. The molecule has 0 unspecified atom stereocenters. The second-order valence-electron chi connectivity index (χ2n) is 3.36. The number of nitrogens with zero attached hydrogens (tertiary/aromatic N) is 2. The van der Waals surface area contributed by atoms with E-state index in [4.69, 9.17) is 10.4 Å². The first-order chi connectivity index (χ1) is 8.47. The first kappa shape index (κ1) is 14.1. The van der Waals surface area contributed by atoms with E-state index in [1.807, 2.05) is 0 Å². The van der Waals surface area contributed by atoms with E-state index in [2.05, 4.69) is 9.71 Å². The predicted octanol–water partition coefficient (Wildman–Crippen LogP) is 0.0964. The van der Waals surface area contributed by atoms with Gasteiger partial charge in [0.2, 0.25) is 10.0 Å². The molecule has 1 rings (SSSR count). The molecule has 0 atom stereocenters. The van der Waals surface area contributed by atoms with Gasteiger partial charge in [0.05, 0.1) is 0 Å².